The van der Waals surface area contributed by atoms with Crippen LogP contribution in [0.15, 0.2) is 51.7 Å². The molecule has 30 heavy (non-hydrogen) atoms. The molecule has 0 fully saturated rings. The quantitative estimate of drug-likeness (QED) is 0.371. The van der Waals surface area contributed by atoms with Gasteiger partial charge in [-0.1, -0.05) is 64.0 Å². The first kappa shape index (κ1) is 22.8. The van der Waals surface area contributed by atoms with Gasteiger partial charge in [0.25, 0.3) is 10.0 Å². The summed E-state index contributed by atoms with van der Waals surface area (Å²) >= 11 is 14.9. The number of nitrogens with zero attached hydrogens (tertiary/aromatic N) is 3. The van der Waals surface area contributed by atoms with E-state index in [2.05, 4.69) is 15.5 Å². The van der Waals surface area contributed by atoms with E-state index < -0.39 is 22.5 Å². The molecule has 0 bridgehead atoms. The SMILES string of the molecule is CSc1nnc(NC(=O)CN(c2cc(Cl)ccc2Cl)S(=O)(=O)c2ccc(C)cc2)s1. The Morgan fingerprint density at radius 2 is 1.87 bits per heavy atom. The predicted molar refractivity (Wildman–Crippen MR) is 122 cm³/mol. The highest BCUT2D eigenvalue weighted by Crippen LogP contribution is 2.33. The van der Waals surface area contributed by atoms with Crippen molar-refractivity contribution in [2.24, 2.45) is 0 Å². The molecule has 3 aromatic rings. The topological polar surface area (TPSA) is 92.3 Å². The first-order valence-electron chi connectivity index (χ1n) is 8.42. The summed E-state index contributed by atoms with van der Waals surface area (Å²) in [6, 6.07) is 10.7. The number of amides is 1. The van der Waals surface area contributed by atoms with Crippen LogP contribution in [0.2, 0.25) is 10.0 Å². The molecule has 0 spiro atoms. The van der Waals surface area contributed by atoms with E-state index in [9.17, 15) is 13.2 Å². The Balaban J connectivity index is 1.98. The van der Waals surface area contributed by atoms with Crippen LogP contribution in [0.25, 0.3) is 0 Å². The van der Waals surface area contributed by atoms with Gasteiger partial charge in [0.1, 0.15) is 6.54 Å². The van der Waals surface area contributed by atoms with Gasteiger partial charge in [-0.2, -0.15) is 0 Å². The number of carbonyl (C=O) groups is 1. The van der Waals surface area contributed by atoms with Crippen molar-refractivity contribution in [1.82, 2.24) is 10.2 Å². The van der Waals surface area contributed by atoms with Crippen molar-refractivity contribution < 1.29 is 13.2 Å². The number of benzene rings is 2. The van der Waals surface area contributed by atoms with Crippen LogP contribution in [0.3, 0.4) is 0 Å². The first-order valence-corrected chi connectivity index (χ1v) is 12.7. The molecule has 0 aliphatic heterocycles. The lowest BCUT2D eigenvalue weighted by Crippen LogP contribution is -2.38. The van der Waals surface area contributed by atoms with Crippen LogP contribution in [0.5, 0.6) is 0 Å². The minimum Gasteiger partial charge on any atom is -0.299 e. The Kier molecular flexibility index (Phi) is 7.25. The second-order valence-electron chi connectivity index (χ2n) is 6.05. The standard InChI is InChI=1S/C18H16Cl2N4O3S3/c1-11-3-6-13(7-4-11)30(26,27)24(15-9-12(19)5-8-14(15)20)10-16(25)21-17-22-23-18(28-2)29-17/h3-9H,10H2,1-2H3,(H,21,22,25). The zero-order valence-corrected chi connectivity index (χ0v) is 19.8. The van der Waals surface area contributed by atoms with Crippen LogP contribution >= 0.6 is 46.3 Å². The molecule has 0 aliphatic rings. The third-order valence-electron chi connectivity index (χ3n) is 3.90. The Bertz CT molecular complexity index is 1170. The minimum absolute atomic E-state index is 0.0255. The normalized spacial score (nSPS) is 11.3. The van der Waals surface area contributed by atoms with Crippen molar-refractivity contribution in [2.75, 3.05) is 22.4 Å². The van der Waals surface area contributed by atoms with Gasteiger partial charge >= 0.3 is 0 Å². The molecule has 1 N–H and O–H groups in total. The molecular weight excluding hydrogens is 487 g/mol. The number of nitrogens with one attached hydrogen (secondary N) is 1. The molecule has 7 nitrogen and oxygen atoms in total. The molecule has 0 saturated heterocycles. The molecule has 1 amide bonds. The van der Waals surface area contributed by atoms with E-state index in [0.717, 1.165) is 9.87 Å². The van der Waals surface area contributed by atoms with Crippen molar-refractivity contribution in [2.45, 2.75) is 16.2 Å². The van der Waals surface area contributed by atoms with Gasteiger partial charge in [-0.3, -0.25) is 14.4 Å². The lowest BCUT2D eigenvalue weighted by atomic mass is 10.2. The Morgan fingerprint density at radius 1 is 1.17 bits per heavy atom. The molecule has 0 atom stereocenters. The third-order valence-corrected chi connectivity index (χ3v) is 8.04. The molecule has 158 valence electrons. The summed E-state index contributed by atoms with van der Waals surface area (Å²) in [6.45, 7) is 1.32. The number of anilines is 2. The van der Waals surface area contributed by atoms with Gasteiger partial charge in [-0.05, 0) is 43.5 Å². The van der Waals surface area contributed by atoms with Gasteiger partial charge in [-0.15, -0.1) is 10.2 Å². The zero-order chi connectivity index (χ0) is 21.9. The van der Waals surface area contributed by atoms with Gasteiger partial charge < -0.3 is 0 Å². The minimum atomic E-state index is -4.10. The van der Waals surface area contributed by atoms with Crippen LogP contribution < -0.4 is 9.62 Å². The summed E-state index contributed by atoms with van der Waals surface area (Å²) in [7, 11) is -4.10. The number of hydrogen-bond donors (Lipinski definition) is 1. The van der Waals surface area contributed by atoms with Gasteiger partial charge in [0, 0.05) is 5.02 Å². The van der Waals surface area contributed by atoms with E-state index in [0.29, 0.717) is 4.34 Å². The summed E-state index contributed by atoms with van der Waals surface area (Å²) in [5, 5.41) is 11.0. The molecule has 0 unspecified atom stereocenters. The number of rotatable bonds is 7. The second kappa shape index (κ2) is 9.52. The van der Waals surface area contributed by atoms with Gasteiger partial charge in [0.05, 0.1) is 15.6 Å². The first-order chi connectivity index (χ1) is 14.2. The molecule has 1 heterocycles. The van der Waals surface area contributed by atoms with Crippen LogP contribution in [0.4, 0.5) is 10.8 Å². The lowest BCUT2D eigenvalue weighted by Gasteiger charge is -2.25. The molecule has 0 saturated carbocycles. The van der Waals surface area contributed by atoms with Crippen LogP contribution in [0, 0.1) is 6.92 Å². The summed E-state index contributed by atoms with van der Waals surface area (Å²) < 4.78 is 28.3. The average Bonchev–Trinajstić information content (AvgIpc) is 3.16. The average molecular weight is 503 g/mol. The number of thioether (sulfide) groups is 1. The zero-order valence-electron chi connectivity index (χ0n) is 15.8. The monoisotopic (exact) mass is 502 g/mol. The Morgan fingerprint density at radius 3 is 2.50 bits per heavy atom. The fourth-order valence-corrected chi connectivity index (χ4v) is 5.50. The number of aryl methyl sites for hydroxylation is 1. The van der Waals surface area contributed by atoms with Crippen LogP contribution in [-0.2, 0) is 14.8 Å². The molecule has 0 aliphatic carbocycles. The van der Waals surface area contributed by atoms with Gasteiger partial charge in [0.2, 0.25) is 11.0 Å². The van der Waals surface area contributed by atoms with Crippen molar-refractivity contribution in [1.29, 1.82) is 0 Å². The van der Waals surface area contributed by atoms with E-state index in [1.165, 1.54) is 53.4 Å². The number of sulfonamides is 1. The highest BCUT2D eigenvalue weighted by molar-refractivity contribution is 8.00. The maximum absolute atomic E-state index is 13.4. The van der Waals surface area contributed by atoms with Crippen molar-refractivity contribution in [3.05, 3.63) is 58.1 Å². The summed E-state index contributed by atoms with van der Waals surface area (Å²) in [5.41, 5.74) is 1.00. The summed E-state index contributed by atoms with van der Waals surface area (Å²) in [5.74, 6) is -0.592. The van der Waals surface area contributed by atoms with E-state index >= 15 is 0 Å². The number of hydrogen-bond acceptors (Lipinski definition) is 7. The number of carbonyl (C=O) groups excluding carboxylic acids is 1. The lowest BCUT2D eigenvalue weighted by molar-refractivity contribution is -0.114. The van der Waals surface area contributed by atoms with E-state index in [1.54, 1.807) is 12.1 Å². The molecule has 12 heteroatoms. The maximum Gasteiger partial charge on any atom is 0.264 e. The largest absolute Gasteiger partial charge is 0.299 e. The predicted octanol–water partition coefficient (Wildman–Crippen LogP) is 4.71. The van der Waals surface area contributed by atoms with E-state index in [-0.39, 0.29) is 25.8 Å². The van der Waals surface area contributed by atoms with Gasteiger partial charge in [-0.25, -0.2) is 8.42 Å². The highest BCUT2D eigenvalue weighted by Gasteiger charge is 2.29. The molecule has 3 rings (SSSR count). The molecular formula is C18H16Cl2N4O3S3. The fraction of sp³-hybridized carbons (Fsp3) is 0.167. The maximum atomic E-state index is 13.4. The van der Waals surface area contributed by atoms with Crippen molar-refractivity contribution in [3.8, 4) is 0 Å². The summed E-state index contributed by atoms with van der Waals surface area (Å²) in [6.07, 6.45) is 1.84. The molecule has 0 radical (unpaired) electrons. The van der Waals surface area contributed by atoms with Gasteiger partial charge in [0.15, 0.2) is 4.34 Å². The van der Waals surface area contributed by atoms with E-state index in [4.69, 9.17) is 23.2 Å². The highest BCUT2D eigenvalue weighted by atomic mass is 35.5. The fourth-order valence-electron chi connectivity index (χ4n) is 2.45. The third kappa shape index (κ3) is 5.25. The van der Waals surface area contributed by atoms with Crippen molar-refractivity contribution >= 4 is 73.0 Å². The van der Waals surface area contributed by atoms with Crippen LogP contribution in [0.1, 0.15) is 5.56 Å². The molecule has 2 aromatic carbocycles. The summed E-state index contributed by atoms with van der Waals surface area (Å²) in [4.78, 5) is 12.7. The van der Waals surface area contributed by atoms with Crippen LogP contribution in [-0.4, -0.2) is 37.3 Å². The smallest absolute Gasteiger partial charge is 0.264 e. The molecule has 1 aromatic heterocycles. The second-order valence-corrected chi connectivity index (χ2v) is 10.8. The Hall–Kier alpha value is -1.85. The van der Waals surface area contributed by atoms with Crippen molar-refractivity contribution in [3.63, 3.8) is 0 Å². The number of halogens is 2. The van der Waals surface area contributed by atoms with E-state index in [1.807, 2.05) is 13.2 Å². The number of aromatic nitrogens is 2. The Labute approximate surface area is 192 Å².